The molecule has 0 aliphatic carbocycles. The molecule has 0 unspecified atom stereocenters. The molecular formula is C12H13BrF2O2. The molecule has 0 aliphatic heterocycles. The lowest BCUT2D eigenvalue weighted by Crippen LogP contribution is -2.26. The monoisotopic (exact) mass is 306 g/mol. The van der Waals surface area contributed by atoms with Crippen LogP contribution in [0, 0.1) is 17.0 Å². The minimum Gasteiger partial charge on any atom is -0.482 e. The number of hydrogen-bond acceptors (Lipinski definition) is 2. The fraction of sp³-hybridized carbons (Fsp3) is 0.417. The Morgan fingerprint density at radius 2 is 1.94 bits per heavy atom. The van der Waals surface area contributed by atoms with Crippen LogP contribution >= 0.6 is 15.9 Å². The number of ether oxygens (including phenoxy) is 1. The molecule has 0 amide bonds. The van der Waals surface area contributed by atoms with Crippen LogP contribution in [0.1, 0.15) is 20.8 Å². The first-order valence-corrected chi connectivity index (χ1v) is 5.82. The Hall–Kier alpha value is -0.970. The van der Waals surface area contributed by atoms with Gasteiger partial charge in [0.05, 0.1) is 4.47 Å². The van der Waals surface area contributed by atoms with Gasteiger partial charge < -0.3 is 4.74 Å². The molecule has 0 fully saturated rings. The highest BCUT2D eigenvalue weighted by atomic mass is 79.9. The number of ketones is 1. The van der Waals surface area contributed by atoms with Crippen LogP contribution in [0.15, 0.2) is 16.6 Å². The zero-order chi connectivity index (χ0) is 13.2. The second-order valence-electron chi connectivity index (χ2n) is 4.66. The van der Waals surface area contributed by atoms with Gasteiger partial charge in [-0.2, -0.15) is 0 Å². The van der Waals surface area contributed by atoms with Crippen LogP contribution < -0.4 is 4.74 Å². The molecule has 1 rings (SSSR count). The third kappa shape index (κ3) is 3.77. The lowest BCUT2D eigenvalue weighted by molar-refractivity contribution is -0.128. The summed E-state index contributed by atoms with van der Waals surface area (Å²) in [7, 11) is 0. The molecule has 1 aromatic rings. The number of rotatable bonds is 3. The first kappa shape index (κ1) is 14.1. The Bertz CT molecular complexity index is 416. The average Bonchev–Trinajstić information content (AvgIpc) is 2.13. The van der Waals surface area contributed by atoms with E-state index in [4.69, 9.17) is 4.74 Å². The van der Waals surface area contributed by atoms with E-state index in [0.717, 1.165) is 6.07 Å². The van der Waals surface area contributed by atoms with Crippen LogP contribution in [0.5, 0.6) is 5.75 Å². The highest BCUT2D eigenvalue weighted by Gasteiger charge is 2.22. The van der Waals surface area contributed by atoms with Crippen LogP contribution in [0.4, 0.5) is 8.78 Å². The number of Topliss-reactive ketones (excluding diaryl/α,β-unsaturated/α-hetero) is 1. The molecule has 0 saturated heterocycles. The van der Waals surface area contributed by atoms with Crippen molar-refractivity contribution in [3.05, 3.63) is 28.2 Å². The van der Waals surface area contributed by atoms with E-state index >= 15 is 0 Å². The standard InChI is InChI=1S/C12H13BrF2O2/c1-12(2,3)10(16)6-17-11-8(13)4-7(14)5-9(11)15/h4-5H,6H2,1-3H3. The smallest absolute Gasteiger partial charge is 0.175 e. The van der Waals surface area contributed by atoms with E-state index in [-0.39, 0.29) is 22.6 Å². The number of carbonyl (C=O) groups is 1. The molecule has 1 aromatic carbocycles. The maximum absolute atomic E-state index is 13.4. The highest BCUT2D eigenvalue weighted by Crippen LogP contribution is 2.29. The van der Waals surface area contributed by atoms with E-state index in [1.165, 1.54) is 0 Å². The largest absolute Gasteiger partial charge is 0.482 e. The molecule has 94 valence electrons. The summed E-state index contributed by atoms with van der Waals surface area (Å²) in [5.41, 5.74) is -0.553. The van der Waals surface area contributed by atoms with E-state index in [1.54, 1.807) is 20.8 Å². The van der Waals surface area contributed by atoms with Crippen molar-refractivity contribution in [2.75, 3.05) is 6.61 Å². The van der Waals surface area contributed by atoms with Crippen LogP contribution in [-0.4, -0.2) is 12.4 Å². The van der Waals surface area contributed by atoms with Crippen molar-refractivity contribution in [3.63, 3.8) is 0 Å². The van der Waals surface area contributed by atoms with E-state index in [2.05, 4.69) is 15.9 Å². The van der Waals surface area contributed by atoms with Gasteiger partial charge in [-0.25, -0.2) is 8.78 Å². The Labute approximate surface area is 107 Å². The average molecular weight is 307 g/mol. The molecule has 0 bridgehead atoms. The van der Waals surface area contributed by atoms with Gasteiger partial charge in [0.25, 0.3) is 0 Å². The Balaban J connectivity index is 2.80. The molecule has 5 heteroatoms. The van der Waals surface area contributed by atoms with Gasteiger partial charge in [0.1, 0.15) is 12.4 Å². The number of benzene rings is 1. The predicted octanol–water partition coefficient (Wildman–Crippen LogP) is 3.72. The molecule has 0 N–H and O–H groups in total. The summed E-state index contributed by atoms with van der Waals surface area (Å²) < 4.78 is 31.4. The maximum Gasteiger partial charge on any atom is 0.175 e. The summed E-state index contributed by atoms with van der Waals surface area (Å²) in [6.07, 6.45) is 0. The second kappa shape index (κ2) is 5.12. The van der Waals surface area contributed by atoms with Crippen molar-refractivity contribution in [2.24, 2.45) is 5.41 Å². The summed E-state index contributed by atoms with van der Waals surface area (Å²) in [5.74, 6) is -1.85. The minimum absolute atomic E-state index is 0.149. The normalized spacial score (nSPS) is 11.4. The third-order valence-electron chi connectivity index (χ3n) is 2.15. The van der Waals surface area contributed by atoms with Crippen LogP contribution in [-0.2, 0) is 4.79 Å². The van der Waals surface area contributed by atoms with E-state index < -0.39 is 17.0 Å². The van der Waals surface area contributed by atoms with Gasteiger partial charge in [0.2, 0.25) is 0 Å². The zero-order valence-corrected chi connectivity index (χ0v) is 11.4. The van der Waals surface area contributed by atoms with Gasteiger partial charge in [0, 0.05) is 11.5 Å². The molecule has 0 atom stereocenters. The van der Waals surface area contributed by atoms with Crippen LogP contribution in [0.25, 0.3) is 0 Å². The van der Waals surface area contributed by atoms with Crippen molar-refractivity contribution in [1.29, 1.82) is 0 Å². The van der Waals surface area contributed by atoms with Crippen molar-refractivity contribution in [3.8, 4) is 5.75 Å². The Morgan fingerprint density at radius 1 is 1.35 bits per heavy atom. The quantitative estimate of drug-likeness (QED) is 0.850. The fourth-order valence-electron chi connectivity index (χ4n) is 1.02. The topological polar surface area (TPSA) is 26.3 Å². The van der Waals surface area contributed by atoms with Gasteiger partial charge in [-0.15, -0.1) is 0 Å². The lowest BCUT2D eigenvalue weighted by atomic mass is 9.91. The molecule has 2 nitrogen and oxygen atoms in total. The summed E-state index contributed by atoms with van der Waals surface area (Å²) >= 11 is 2.98. The molecule has 0 radical (unpaired) electrons. The fourth-order valence-corrected chi connectivity index (χ4v) is 1.54. The summed E-state index contributed by atoms with van der Waals surface area (Å²) in [5, 5.41) is 0. The lowest BCUT2D eigenvalue weighted by Gasteiger charge is -2.17. The maximum atomic E-state index is 13.4. The van der Waals surface area contributed by atoms with Crippen LogP contribution in [0.2, 0.25) is 0 Å². The van der Waals surface area contributed by atoms with Crippen molar-refractivity contribution < 1.29 is 18.3 Å². The van der Waals surface area contributed by atoms with Gasteiger partial charge in [-0.3, -0.25) is 4.79 Å². The van der Waals surface area contributed by atoms with E-state index in [0.29, 0.717) is 6.07 Å². The second-order valence-corrected chi connectivity index (χ2v) is 5.51. The highest BCUT2D eigenvalue weighted by molar-refractivity contribution is 9.10. The summed E-state index contributed by atoms with van der Waals surface area (Å²) in [6.45, 7) is 4.99. The molecular weight excluding hydrogens is 294 g/mol. The molecule has 0 spiro atoms. The first-order valence-electron chi connectivity index (χ1n) is 5.02. The molecule has 0 saturated carbocycles. The van der Waals surface area contributed by atoms with Crippen molar-refractivity contribution in [1.82, 2.24) is 0 Å². The predicted molar refractivity (Wildman–Crippen MR) is 64.0 cm³/mol. The SMILES string of the molecule is CC(C)(C)C(=O)COc1c(F)cc(F)cc1Br. The Kier molecular flexibility index (Phi) is 4.25. The van der Waals surface area contributed by atoms with Gasteiger partial charge >= 0.3 is 0 Å². The Morgan fingerprint density at radius 3 is 2.41 bits per heavy atom. The van der Waals surface area contributed by atoms with Crippen LogP contribution in [0.3, 0.4) is 0 Å². The zero-order valence-electron chi connectivity index (χ0n) is 9.81. The number of hydrogen-bond donors (Lipinski definition) is 0. The van der Waals surface area contributed by atoms with Crippen molar-refractivity contribution in [2.45, 2.75) is 20.8 Å². The van der Waals surface area contributed by atoms with Gasteiger partial charge in [-0.1, -0.05) is 20.8 Å². The van der Waals surface area contributed by atoms with Crippen molar-refractivity contribution >= 4 is 21.7 Å². The molecule has 17 heavy (non-hydrogen) atoms. The third-order valence-corrected chi connectivity index (χ3v) is 2.74. The number of carbonyl (C=O) groups excluding carboxylic acids is 1. The summed E-state index contributed by atoms with van der Waals surface area (Å²) in [6, 6.07) is 1.79. The number of halogens is 3. The minimum atomic E-state index is -0.835. The summed E-state index contributed by atoms with van der Waals surface area (Å²) in [4.78, 5) is 11.6. The molecule has 0 aliphatic rings. The molecule has 0 aromatic heterocycles. The van der Waals surface area contributed by atoms with Gasteiger partial charge in [0.15, 0.2) is 17.3 Å². The first-order chi connectivity index (χ1) is 7.71. The van der Waals surface area contributed by atoms with Gasteiger partial charge in [-0.05, 0) is 22.0 Å². The van der Waals surface area contributed by atoms with E-state index in [9.17, 15) is 13.6 Å². The van der Waals surface area contributed by atoms with E-state index in [1.807, 2.05) is 0 Å². The molecule has 0 heterocycles.